The van der Waals surface area contributed by atoms with Crippen molar-refractivity contribution < 1.29 is 9.15 Å². The highest BCUT2D eigenvalue weighted by Gasteiger charge is 2.09. The second kappa shape index (κ2) is 5.04. The van der Waals surface area contributed by atoms with Crippen molar-refractivity contribution in [2.75, 3.05) is 25.6 Å². The van der Waals surface area contributed by atoms with Gasteiger partial charge < -0.3 is 14.5 Å². The fraction of sp³-hybridized carbons (Fsp3) is 0.714. The molecule has 0 fully saturated rings. The highest BCUT2D eigenvalue weighted by molar-refractivity contribution is 6.20. The lowest BCUT2D eigenvalue weighted by Gasteiger charge is -1.98. The number of ether oxygens (including phenoxy) is 1. The summed E-state index contributed by atoms with van der Waals surface area (Å²) in [5.41, 5.74) is 0. The van der Waals surface area contributed by atoms with E-state index in [1.165, 1.54) is 0 Å². The molecule has 74 valence electrons. The van der Waals surface area contributed by atoms with Crippen LogP contribution in [0.5, 0.6) is 0 Å². The number of nitrogens with one attached hydrogen (secondary N) is 1. The minimum absolute atomic E-state index is 0.259. The Balaban J connectivity index is 2.40. The first-order valence-corrected chi connectivity index (χ1v) is 4.38. The largest absolute Gasteiger partial charge is 0.407 e. The SMILES string of the molecule is COCCNc1nnc(C(C)Cl)o1. The minimum Gasteiger partial charge on any atom is -0.407 e. The van der Waals surface area contributed by atoms with Crippen molar-refractivity contribution in [3.63, 3.8) is 0 Å². The second-order valence-electron chi connectivity index (χ2n) is 2.48. The van der Waals surface area contributed by atoms with Crippen LogP contribution >= 0.6 is 11.6 Å². The van der Waals surface area contributed by atoms with Crippen LogP contribution in [0, 0.1) is 0 Å². The van der Waals surface area contributed by atoms with E-state index in [2.05, 4.69) is 15.5 Å². The van der Waals surface area contributed by atoms with Gasteiger partial charge >= 0.3 is 6.01 Å². The first-order chi connectivity index (χ1) is 6.24. The monoisotopic (exact) mass is 205 g/mol. The molecule has 1 rings (SSSR count). The summed E-state index contributed by atoms with van der Waals surface area (Å²) in [6.07, 6.45) is 0. The van der Waals surface area contributed by atoms with Crippen molar-refractivity contribution in [1.29, 1.82) is 0 Å². The summed E-state index contributed by atoms with van der Waals surface area (Å²) in [4.78, 5) is 0. The number of rotatable bonds is 5. The summed E-state index contributed by atoms with van der Waals surface area (Å²) < 4.78 is 10.0. The van der Waals surface area contributed by atoms with Gasteiger partial charge in [0.25, 0.3) is 0 Å². The van der Waals surface area contributed by atoms with Crippen LogP contribution in [0.4, 0.5) is 6.01 Å². The van der Waals surface area contributed by atoms with E-state index in [0.29, 0.717) is 25.1 Å². The lowest BCUT2D eigenvalue weighted by molar-refractivity contribution is 0.210. The standard InChI is InChI=1S/C7H12ClN3O2/c1-5(8)6-10-11-7(13-6)9-3-4-12-2/h5H,3-4H2,1-2H3,(H,9,11). The Morgan fingerprint density at radius 1 is 1.62 bits per heavy atom. The van der Waals surface area contributed by atoms with Crippen molar-refractivity contribution in [3.8, 4) is 0 Å². The van der Waals surface area contributed by atoms with Crippen LogP contribution in [-0.4, -0.2) is 30.5 Å². The van der Waals surface area contributed by atoms with Crippen molar-refractivity contribution in [1.82, 2.24) is 10.2 Å². The Morgan fingerprint density at radius 3 is 2.92 bits per heavy atom. The maximum atomic E-state index is 5.73. The van der Waals surface area contributed by atoms with Gasteiger partial charge in [-0.15, -0.1) is 16.7 Å². The molecule has 1 N–H and O–H groups in total. The van der Waals surface area contributed by atoms with E-state index in [1.807, 2.05) is 0 Å². The molecule has 1 aromatic rings. The maximum absolute atomic E-state index is 5.73. The normalized spacial score (nSPS) is 12.8. The molecule has 0 aliphatic heterocycles. The van der Waals surface area contributed by atoms with E-state index in [0.717, 1.165) is 0 Å². The number of alkyl halides is 1. The average molecular weight is 206 g/mol. The Labute approximate surface area is 81.4 Å². The van der Waals surface area contributed by atoms with Crippen molar-refractivity contribution >= 4 is 17.6 Å². The quantitative estimate of drug-likeness (QED) is 0.582. The van der Waals surface area contributed by atoms with Crippen LogP contribution in [-0.2, 0) is 4.74 Å². The fourth-order valence-electron chi connectivity index (χ4n) is 0.727. The molecular formula is C7H12ClN3O2. The predicted octanol–water partition coefficient (Wildman–Crippen LogP) is 1.43. The highest BCUT2D eigenvalue weighted by atomic mass is 35.5. The van der Waals surface area contributed by atoms with Crippen LogP contribution in [0.25, 0.3) is 0 Å². The smallest absolute Gasteiger partial charge is 0.315 e. The zero-order valence-corrected chi connectivity index (χ0v) is 8.34. The van der Waals surface area contributed by atoms with E-state index in [1.54, 1.807) is 14.0 Å². The molecule has 1 aromatic heterocycles. The van der Waals surface area contributed by atoms with Crippen LogP contribution in [0.15, 0.2) is 4.42 Å². The van der Waals surface area contributed by atoms with Gasteiger partial charge in [0.15, 0.2) is 0 Å². The van der Waals surface area contributed by atoms with Gasteiger partial charge in [-0.05, 0) is 6.92 Å². The molecule has 5 nitrogen and oxygen atoms in total. The van der Waals surface area contributed by atoms with Gasteiger partial charge in [-0.25, -0.2) is 0 Å². The second-order valence-corrected chi connectivity index (χ2v) is 3.14. The maximum Gasteiger partial charge on any atom is 0.315 e. The van der Waals surface area contributed by atoms with Crippen molar-refractivity contribution in [2.45, 2.75) is 12.3 Å². The minimum atomic E-state index is -0.259. The summed E-state index contributed by atoms with van der Waals surface area (Å²) in [6.45, 7) is 3.00. The number of aromatic nitrogens is 2. The lowest BCUT2D eigenvalue weighted by atomic mass is 10.5. The Bertz CT molecular complexity index is 252. The number of methoxy groups -OCH3 is 1. The van der Waals surface area contributed by atoms with Crippen molar-refractivity contribution in [3.05, 3.63) is 5.89 Å². The molecule has 0 amide bonds. The van der Waals surface area contributed by atoms with Gasteiger partial charge in [0.05, 0.1) is 6.61 Å². The molecule has 0 aliphatic rings. The van der Waals surface area contributed by atoms with Crippen molar-refractivity contribution in [2.24, 2.45) is 0 Å². The molecule has 0 spiro atoms. The molecule has 0 bridgehead atoms. The van der Waals surface area contributed by atoms with Crippen LogP contribution < -0.4 is 5.32 Å². The van der Waals surface area contributed by atoms with E-state index >= 15 is 0 Å². The summed E-state index contributed by atoms with van der Waals surface area (Å²) >= 11 is 5.73. The summed E-state index contributed by atoms with van der Waals surface area (Å²) in [7, 11) is 1.63. The third-order valence-corrected chi connectivity index (χ3v) is 1.55. The molecule has 0 aromatic carbocycles. The van der Waals surface area contributed by atoms with E-state index < -0.39 is 0 Å². The fourth-order valence-corrected chi connectivity index (χ4v) is 0.815. The zero-order chi connectivity index (χ0) is 9.68. The van der Waals surface area contributed by atoms with E-state index in [9.17, 15) is 0 Å². The van der Waals surface area contributed by atoms with E-state index in [4.69, 9.17) is 20.8 Å². The molecule has 1 unspecified atom stereocenters. The predicted molar refractivity (Wildman–Crippen MR) is 48.9 cm³/mol. The number of halogens is 1. The molecule has 6 heteroatoms. The highest BCUT2D eigenvalue weighted by Crippen LogP contribution is 2.18. The van der Waals surface area contributed by atoms with Gasteiger partial charge in [-0.3, -0.25) is 0 Å². The third-order valence-electron chi connectivity index (χ3n) is 1.36. The lowest BCUT2D eigenvalue weighted by Crippen LogP contribution is -2.07. The summed E-state index contributed by atoms with van der Waals surface area (Å²) in [5.74, 6) is 0.418. The molecule has 13 heavy (non-hydrogen) atoms. The molecule has 0 aliphatic carbocycles. The van der Waals surface area contributed by atoms with E-state index in [-0.39, 0.29) is 5.38 Å². The Morgan fingerprint density at radius 2 is 2.38 bits per heavy atom. The molecular weight excluding hydrogens is 194 g/mol. The topological polar surface area (TPSA) is 60.2 Å². The molecule has 0 saturated heterocycles. The molecule has 1 atom stereocenters. The number of hydrogen-bond acceptors (Lipinski definition) is 5. The number of hydrogen-bond donors (Lipinski definition) is 1. The Kier molecular flexibility index (Phi) is 3.98. The van der Waals surface area contributed by atoms with Gasteiger partial charge in [-0.1, -0.05) is 5.10 Å². The number of anilines is 1. The molecule has 1 heterocycles. The first kappa shape index (κ1) is 10.3. The Hall–Kier alpha value is -0.810. The average Bonchev–Trinajstić information content (AvgIpc) is 2.53. The molecule has 0 saturated carbocycles. The zero-order valence-electron chi connectivity index (χ0n) is 7.58. The van der Waals surface area contributed by atoms with Gasteiger partial charge in [-0.2, -0.15) is 0 Å². The third kappa shape index (κ3) is 3.20. The number of nitrogens with zero attached hydrogens (tertiary/aromatic N) is 2. The van der Waals surface area contributed by atoms with Crippen LogP contribution in [0.3, 0.4) is 0 Å². The first-order valence-electron chi connectivity index (χ1n) is 3.94. The molecule has 0 radical (unpaired) electrons. The van der Waals surface area contributed by atoms with Crippen LogP contribution in [0.1, 0.15) is 18.2 Å². The van der Waals surface area contributed by atoms with Crippen LogP contribution in [0.2, 0.25) is 0 Å². The summed E-state index contributed by atoms with van der Waals surface area (Å²) in [6, 6.07) is 0.375. The van der Waals surface area contributed by atoms with Gasteiger partial charge in [0, 0.05) is 13.7 Å². The summed E-state index contributed by atoms with van der Waals surface area (Å²) in [5, 5.41) is 10.1. The van der Waals surface area contributed by atoms with Gasteiger partial charge in [0.2, 0.25) is 5.89 Å². The van der Waals surface area contributed by atoms with Gasteiger partial charge in [0.1, 0.15) is 5.38 Å².